The number of epoxide rings is 1. The van der Waals surface area contributed by atoms with E-state index in [0.717, 1.165) is 31.2 Å². The van der Waals surface area contributed by atoms with Crippen LogP contribution >= 0.6 is 0 Å². The monoisotopic (exact) mass is 458 g/mol. The molecule has 1 aliphatic heterocycles. The van der Waals surface area contributed by atoms with Gasteiger partial charge in [-0.05, 0) is 73.3 Å². The molecule has 2 heterocycles. The van der Waals surface area contributed by atoms with Gasteiger partial charge in [-0.25, -0.2) is 4.79 Å². The van der Waals surface area contributed by atoms with Crippen molar-refractivity contribution in [3.05, 3.63) is 34.4 Å². The third-order valence-electron chi connectivity index (χ3n) is 10.5. The van der Waals surface area contributed by atoms with Gasteiger partial charge in [-0.2, -0.15) is 0 Å². The molecule has 180 valence electrons. The number of esters is 1. The van der Waals surface area contributed by atoms with Crippen LogP contribution in [0.2, 0.25) is 0 Å². The fraction of sp³-hybridized carbons (Fsp3) is 0.769. The second-order valence-electron chi connectivity index (χ2n) is 11.8. The molecule has 4 saturated carbocycles. The molecule has 6 rings (SSSR count). The molecule has 1 saturated heterocycles. The van der Waals surface area contributed by atoms with Gasteiger partial charge in [-0.3, -0.25) is 4.79 Å². The zero-order chi connectivity index (χ0) is 23.3. The van der Waals surface area contributed by atoms with Crippen LogP contribution in [0.4, 0.5) is 0 Å². The number of rotatable bonds is 2. The Hall–Kier alpha value is -1.70. The smallest absolute Gasteiger partial charge is 0.335 e. The van der Waals surface area contributed by atoms with Gasteiger partial charge < -0.3 is 24.1 Å². The van der Waals surface area contributed by atoms with Crippen molar-refractivity contribution in [3.63, 3.8) is 0 Å². The Labute approximate surface area is 193 Å². The van der Waals surface area contributed by atoms with E-state index in [4.69, 9.17) is 13.9 Å². The highest BCUT2D eigenvalue weighted by Crippen LogP contribution is 2.78. The first-order chi connectivity index (χ1) is 15.6. The Morgan fingerprint density at radius 1 is 1.09 bits per heavy atom. The van der Waals surface area contributed by atoms with Gasteiger partial charge >= 0.3 is 11.6 Å². The van der Waals surface area contributed by atoms with Crippen LogP contribution in [-0.4, -0.2) is 46.2 Å². The summed E-state index contributed by atoms with van der Waals surface area (Å²) in [6, 6.07) is 3.22. The summed E-state index contributed by atoms with van der Waals surface area (Å²) in [6.07, 6.45) is 4.94. The summed E-state index contributed by atoms with van der Waals surface area (Å²) in [7, 11) is 0. The molecular formula is C26H34O7. The normalized spacial score (nSPS) is 52.2. The number of fused-ring (bicyclic) bond motifs is 3. The van der Waals surface area contributed by atoms with Crippen molar-refractivity contribution in [3.8, 4) is 0 Å². The van der Waals surface area contributed by atoms with Gasteiger partial charge in [0.1, 0.15) is 17.8 Å². The number of carbonyl (C=O) groups excluding carboxylic acids is 1. The molecule has 0 radical (unpaired) electrons. The molecule has 2 N–H and O–H groups in total. The highest BCUT2D eigenvalue weighted by atomic mass is 16.7. The van der Waals surface area contributed by atoms with E-state index in [0.29, 0.717) is 18.8 Å². The Morgan fingerprint density at radius 3 is 2.58 bits per heavy atom. The second-order valence-corrected chi connectivity index (χ2v) is 11.8. The van der Waals surface area contributed by atoms with Gasteiger partial charge in [0.2, 0.25) is 0 Å². The van der Waals surface area contributed by atoms with Crippen LogP contribution < -0.4 is 5.63 Å². The van der Waals surface area contributed by atoms with Crippen molar-refractivity contribution in [2.75, 3.05) is 0 Å². The maximum Gasteiger partial charge on any atom is 0.335 e. The van der Waals surface area contributed by atoms with E-state index in [1.165, 1.54) is 19.3 Å². The number of aliphatic hydroxyl groups excluding tert-OH is 2. The minimum atomic E-state index is -0.478. The molecule has 0 amide bonds. The average molecular weight is 459 g/mol. The van der Waals surface area contributed by atoms with Crippen LogP contribution in [-0.2, 0) is 14.3 Å². The highest BCUT2D eigenvalue weighted by Gasteiger charge is 2.85. The molecule has 1 aromatic rings. The quantitative estimate of drug-likeness (QED) is 0.518. The molecule has 33 heavy (non-hydrogen) atoms. The van der Waals surface area contributed by atoms with Crippen LogP contribution in [0, 0.1) is 28.6 Å². The van der Waals surface area contributed by atoms with E-state index in [9.17, 15) is 19.8 Å². The zero-order valence-corrected chi connectivity index (χ0v) is 19.5. The highest BCUT2D eigenvalue weighted by molar-refractivity contribution is 5.66. The SMILES string of the molecule is CC(=O)O[C@@H]1[C@@H]2O[C@@]23[C@@H]2C[C@H](O)[C@@H]4C[C@@H](O)CC[C@@]4(C)C2CC[C@]3(C)[C@H]1c1ccc(=O)oc1. The first kappa shape index (κ1) is 21.8. The van der Waals surface area contributed by atoms with Gasteiger partial charge in [-0.1, -0.05) is 13.8 Å². The Balaban J connectivity index is 1.43. The predicted octanol–water partition coefficient (Wildman–Crippen LogP) is 2.77. The Kier molecular flexibility index (Phi) is 4.57. The molecule has 5 aliphatic rings. The molecule has 11 atom stereocenters. The molecule has 5 fully saturated rings. The first-order valence-corrected chi connectivity index (χ1v) is 12.4. The molecular weight excluding hydrogens is 424 g/mol. The lowest BCUT2D eigenvalue weighted by Crippen LogP contribution is -2.61. The van der Waals surface area contributed by atoms with Crippen LogP contribution in [0.1, 0.15) is 70.8 Å². The fourth-order valence-corrected chi connectivity index (χ4v) is 9.13. The zero-order valence-electron chi connectivity index (χ0n) is 19.5. The number of hydrogen-bond acceptors (Lipinski definition) is 7. The molecule has 4 aliphatic carbocycles. The lowest BCUT2D eigenvalue weighted by molar-refractivity contribution is -0.182. The van der Waals surface area contributed by atoms with E-state index in [1.807, 2.05) is 0 Å². The summed E-state index contributed by atoms with van der Waals surface area (Å²) in [5.41, 5.74) is -0.363. The van der Waals surface area contributed by atoms with Crippen LogP contribution in [0.15, 0.2) is 27.6 Å². The largest absolute Gasteiger partial charge is 0.459 e. The van der Waals surface area contributed by atoms with Gasteiger partial charge in [0.15, 0.2) is 0 Å². The van der Waals surface area contributed by atoms with E-state index in [2.05, 4.69) is 13.8 Å². The predicted molar refractivity (Wildman–Crippen MR) is 117 cm³/mol. The maximum atomic E-state index is 12.1. The lowest BCUT2D eigenvalue weighted by Gasteiger charge is -2.62. The van der Waals surface area contributed by atoms with E-state index in [1.54, 1.807) is 6.07 Å². The topological polar surface area (TPSA) is 110 Å². The molecule has 7 nitrogen and oxygen atoms in total. The summed E-state index contributed by atoms with van der Waals surface area (Å²) in [4.78, 5) is 23.7. The minimum absolute atomic E-state index is 0.0390. The van der Waals surface area contributed by atoms with Crippen molar-refractivity contribution in [1.82, 2.24) is 0 Å². The third kappa shape index (κ3) is 2.73. The summed E-state index contributed by atoms with van der Waals surface area (Å²) < 4.78 is 17.7. The van der Waals surface area contributed by atoms with Crippen molar-refractivity contribution in [1.29, 1.82) is 0 Å². The third-order valence-corrected chi connectivity index (χ3v) is 10.5. The van der Waals surface area contributed by atoms with Gasteiger partial charge in [0.05, 0.1) is 18.5 Å². The van der Waals surface area contributed by atoms with Crippen LogP contribution in [0.3, 0.4) is 0 Å². The molecule has 7 heteroatoms. The van der Waals surface area contributed by atoms with Crippen LogP contribution in [0.5, 0.6) is 0 Å². The van der Waals surface area contributed by atoms with E-state index < -0.39 is 23.4 Å². The summed E-state index contributed by atoms with van der Waals surface area (Å²) >= 11 is 0. The molecule has 1 unspecified atom stereocenters. The summed E-state index contributed by atoms with van der Waals surface area (Å²) in [5.74, 6) is 0.170. The molecule has 1 spiro atoms. The number of carbonyl (C=O) groups is 1. The minimum Gasteiger partial charge on any atom is -0.459 e. The van der Waals surface area contributed by atoms with Crippen molar-refractivity contribution in [2.45, 2.75) is 95.2 Å². The summed E-state index contributed by atoms with van der Waals surface area (Å²) in [6.45, 7) is 5.96. The lowest BCUT2D eigenvalue weighted by atomic mass is 9.43. The fourth-order valence-electron chi connectivity index (χ4n) is 9.13. The molecule has 0 bridgehead atoms. The van der Waals surface area contributed by atoms with E-state index >= 15 is 0 Å². The van der Waals surface area contributed by atoms with Crippen molar-refractivity contribution < 1.29 is 28.9 Å². The standard InChI is InChI=1S/C26H34O7/c1-13(27)32-22-21(14-4-5-20(30)31-12-14)25(3)9-7-16-17(26(25)23(22)33-26)11-19(29)18-10-15(28)6-8-24(16,18)2/h4-5,12,15-19,21-23,28-29H,6-11H2,1-3H3/t15-,16?,17+,18-,19-,21-,22-,23-,24-,25+,26-/m0/s1. The number of aliphatic hydroxyl groups is 2. The first-order valence-electron chi connectivity index (χ1n) is 12.4. The molecule has 0 aromatic carbocycles. The van der Waals surface area contributed by atoms with E-state index in [-0.39, 0.29) is 46.8 Å². The maximum absolute atomic E-state index is 12.1. The average Bonchev–Trinajstić information content (AvgIpc) is 3.46. The van der Waals surface area contributed by atoms with Crippen molar-refractivity contribution >= 4 is 5.97 Å². The Bertz CT molecular complexity index is 1020. The second kappa shape index (κ2) is 6.92. The van der Waals surface area contributed by atoms with Gasteiger partial charge in [-0.15, -0.1) is 0 Å². The number of ether oxygens (including phenoxy) is 2. The van der Waals surface area contributed by atoms with Gasteiger partial charge in [0.25, 0.3) is 0 Å². The van der Waals surface area contributed by atoms with Gasteiger partial charge in [0, 0.05) is 24.3 Å². The molecule has 1 aromatic heterocycles. The number of hydrogen-bond donors (Lipinski definition) is 2. The van der Waals surface area contributed by atoms with Crippen LogP contribution in [0.25, 0.3) is 0 Å². The van der Waals surface area contributed by atoms with Crippen molar-refractivity contribution in [2.24, 2.45) is 28.6 Å². The summed E-state index contributed by atoms with van der Waals surface area (Å²) in [5, 5.41) is 21.6. The Morgan fingerprint density at radius 2 is 1.88 bits per heavy atom.